The second-order valence-electron chi connectivity index (χ2n) is 4.37. The van der Waals surface area contributed by atoms with E-state index < -0.39 is 0 Å². The van der Waals surface area contributed by atoms with Crippen LogP contribution in [-0.4, -0.2) is 41.8 Å². The maximum Gasteiger partial charge on any atom is 0.167 e. The predicted octanol–water partition coefficient (Wildman–Crippen LogP) is 0.868. The van der Waals surface area contributed by atoms with Crippen LogP contribution < -0.4 is 5.73 Å². The summed E-state index contributed by atoms with van der Waals surface area (Å²) in [6.07, 6.45) is 5.51. The molecule has 0 spiro atoms. The van der Waals surface area contributed by atoms with Crippen LogP contribution in [0, 0.1) is 5.92 Å². The Bertz CT molecular complexity index is 326. The van der Waals surface area contributed by atoms with Gasteiger partial charge in [0.15, 0.2) is 5.78 Å². The fourth-order valence-corrected chi connectivity index (χ4v) is 2.31. The van der Waals surface area contributed by atoms with Crippen molar-refractivity contribution in [3.05, 3.63) is 24.0 Å². The smallest absolute Gasteiger partial charge is 0.167 e. The molecule has 0 atom stereocenters. The summed E-state index contributed by atoms with van der Waals surface area (Å²) in [5, 5.41) is 0. The number of hydrogen-bond donors (Lipinski definition) is 2. The van der Waals surface area contributed by atoms with E-state index in [1.54, 1.807) is 12.4 Å². The minimum atomic E-state index is 0.199. The normalized spacial score (nSPS) is 18.8. The second kappa shape index (κ2) is 5.27. The van der Waals surface area contributed by atoms with E-state index in [0.717, 1.165) is 38.0 Å². The number of nitrogens with zero attached hydrogens (tertiary/aromatic N) is 1. The molecular formula is C12H19N3O. The van der Waals surface area contributed by atoms with Crippen LogP contribution in [0.3, 0.4) is 0 Å². The highest BCUT2D eigenvalue weighted by atomic mass is 16.1. The fraction of sp³-hybridized carbons (Fsp3) is 0.583. The lowest BCUT2D eigenvalue weighted by molar-refractivity contribution is 0.0843. The van der Waals surface area contributed by atoms with Crippen LogP contribution in [0.5, 0.6) is 0 Å². The van der Waals surface area contributed by atoms with E-state index in [9.17, 15) is 4.79 Å². The van der Waals surface area contributed by atoms with Crippen LogP contribution in [0.15, 0.2) is 18.5 Å². The van der Waals surface area contributed by atoms with Crippen LogP contribution in [-0.2, 0) is 0 Å². The number of likely N-dealkylation sites (tertiary alicyclic amines) is 1. The minimum Gasteiger partial charge on any atom is -0.367 e. The Hall–Kier alpha value is -1.13. The zero-order valence-corrected chi connectivity index (χ0v) is 9.48. The van der Waals surface area contributed by atoms with Gasteiger partial charge in [0, 0.05) is 37.0 Å². The first-order chi connectivity index (χ1) is 7.81. The highest BCUT2D eigenvalue weighted by Crippen LogP contribution is 2.21. The summed E-state index contributed by atoms with van der Waals surface area (Å²) < 4.78 is 0. The third-order valence-electron chi connectivity index (χ3n) is 3.29. The molecule has 88 valence electrons. The lowest BCUT2D eigenvalue weighted by Gasteiger charge is -2.30. The average molecular weight is 221 g/mol. The van der Waals surface area contributed by atoms with Gasteiger partial charge in [0.1, 0.15) is 0 Å². The number of carbonyl (C=O) groups excluding carboxylic acids is 1. The van der Waals surface area contributed by atoms with Crippen molar-refractivity contribution in [3.63, 3.8) is 0 Å². The first-order valence-electron chi connectivity index (χ1n) is 5.90. The topological polar surface area (TPSA) is 62.1 Å². The molecule has 0 aliphatic carbocycles. The molecule has 1 fully saturated rings. The number of aromatic amines is 1. The van der Waals surface area contributed by atoms with Crippen LogP contribution in [0.2, 0.25) is 0 Å². The van der Waals surface area contributed by atoms with Gasteiger partial charge in [0.05, 0.1) is 0 Å². The molecule has 4 nitrogen and oxygen atoms in total. The van der Waals surface area contributed by atoms with E-state index in [1.165, 1.54) is 0 Å². The summed E-state index contributed by atoms with van der Waals surface area (Å²) in [6, 6.07) is 1.86. The lowest BCUT2D eigenvalue weighted by atomic mass is 9.90. The highest BCUT2D eigenvalue weighted by Gasteiger charge is 2.25. The Morgan fingerprint density at radius 1 is 1.50 bits per heavy atom. The van der Waals surface area contributed by atoms with E-state index in [1.807, 2.05) is 6.07 Å². The molecule has 0 bridgehead atoms. The van der Waals surface area contributed by atoms with Gasteiger partial charge in [-0.15, -0.1) is 0 Å². The van der Waals surface area contributed by atoms with Gasteiger partial charge in [-0.25, -0.2) is 0 Å². The van der Waals surface area contributed by atoms with E-state index in [2.05, 4.69) is 9.88 Å². The number of carbonyl (C=O) groups is 1. The van der Waals surface area contributed by atoms with Crippen molar-refractivity contribution in [2.75, 3.05) is 26.2 Å². The number of H-pyrrole nitrogens is 1. The molecular weight excluding hydrogens is 202 g/mol. The van der Waals surface area contributed by atoms with Crippen molar-refractivity contribution < 1.29 is 4.79 Å². The first-order valence-corrected chi connectivity index (χ1v) is 5.90. The Balaban J connectivity index is 1.87. The summed E-state index contributed by atoms with van der Waals surface area (Å²) in [7, 11) is 0. The third-order valence-corrected chi connectivity index (χ3v) is 3.29. The van der Waals surface area contributed by atoms with Gasteiger partial charge in [-0.05, 0) is 32.0 Å². The van der Waals surface area contributed by atoms with Gasteiger partial charge in [0.25, 0.3) is 0 Å². The Labute approximate surface area is 95.8 Å². The SMILES string of the molecule is NCCN1CCC(C(=O)c2cc[nH]c2)CC1. The van der Waals surface area contributed by atoms with Gasteiger partial charge >= 0.3 is 0 Å². The summed E-state index contributed by atoms with van der Waals surface area (Å²) in [5.41, 5.74) is 6.34. The summed E-state index contributed by atoms with van der Waals surface area (Å²) in [5.74, 6) is 0.485. The average Bonchev–Trinajstić information content (AvgIpc) is 2.83. The highest BCUT2D eigenvalue weighted by molar-refractivity contribution is 5.97. The number of aromatic nitrogens is 1. The molecule has 1 aliphatic rings. The molecule has 1 saturated heterocycles. The van der Waals surface area contributed by atoms with Crippen molar-refractivity contribution in [3.8, 4) is 0 Å². The minimum absolute atomic E-state index is 0.199. The fourth-order valence-electron chi connectivity index (χ4n) is 2.31. The molecule has 16 heavy (non-hydrogen) atoms. The van der Waals surface area contributed by atoms with Crippen LogP contribution >= 0.6 is 0 Å². The van der Waals surface area contributed by atoms with Gasteiger partial charge < -0.3 is 15.6 Å². The van der Waals surface area contributed by atoms with Crippen molar-refractivity contribution in [1.82, 2.24) is 9.88 Å². The summed E-state index contributed by atoms with van der Waals surface area (Å²) in [6.45, 7) is 3.65. The lowest BCUT2D eigenvalue weighted by Crippen LogP contribution is -2.38. The predicted molar refractivity (Wildman–Crippen MR) is 63.3 cm³/mol. The molecule has 0 saturated carbocycles. The van der Waals surface area contributed by atoms with Gasteiger partial charge in [-0.2, -0.15) is 0 Å². The zero-order valence-electron chi connectivity index (χ0n) is 9.48. The molecule has 0 unspecified atom stereocenters. The number of nitrogens with one attached hydrogen (secondary N) is 1. The van der Waals surface area contributed by atoms with Crippen LogP contribution in [0.25, 0.3) is 0 Å². The summed E-state index contributed by atoms with van der Waals surface area (Å²) in [4.78, 5) is 17.3. The van der Waals surface area contributed by atoms with Crippen LogP contribution in [0.4, 0.5) is 0 Å². The maximum atomic E-state index is 12.1. The number of ketones is 1. The molecule has 2 rings (SSSR count). The van der Waals surface area contributed by atoms with Crippen molar-refractivity contribution in [2.24, 2.45) is 11.7 Å². The number of piperidine rings is 1. The monoisotopic (exact) mass is 221 g/mol. The first kappa shape index (κ1) is 11.4. The van der Waals surface area contributed by atoms with Crippen molar-refractivity contribution >= 4 is 5.78 Å². The molecule has 0 radical (unpaired) electrons. The quantitative estimate of drug-likeness (QED) is 0.742. The van der Waals surface area contributed by atoms with Gasteiger partial charge in [-0.1, -0.05) is 0 Å². The van der Waals surface area contributed by atoms with E-state index >= 15 is 0 Å². The molecule has 2 heterocycles. The molecule has 3 N–H and O–H groups in total. The summed E-state index contributed by atoms with van der Waals surface area (Å²) >= 11 is 0. The van der Waals surface area contributed by atoms with E-state index in [-0.39, 0.29) is 11.7 Å². The standard InChI is InChI=1S/C12H19N3O/c13-4-8-15-6-2-10(3-7-15)12(16)11-1-5-14-9-11/h1,5,9-10,14H,2-4,6-8,13H2. The van der Waals surface area contributed by atoms with Crippen LogP contribution in [0.1, 0.15) is 23.2 Å². The molecule has 0 aromatic carbocycles. The molecule has 1 aromatic rings. The van der Waals surface area contributed by atoms with Gasteiger partial charge in [-0.3, -0.25) is 4.79 Å². The Morgan fingerprint density at radius 2 is 2.25 bits per heavy atom. The maximum absolute atomic E-state index is 12.1. The van der Waals surface area contributed by atoms with E-state index in [0.29, 0.717) is 6.54 Å². The number of rotatable bonds is 4. The zero-order chi connectivity index (χ0) is 11.4. The molecule has 0 amide bonds. The molecule has 1 aromatic heterocycles. The number of Topliss-reactive ketones (excluding diaryl/α,β-unsaturated/α-hetero) is 1. The molecule has 1 aliphatic heterocycles. The Morgan fingerprint density at radius 3 is 2.81 bits per heavy atom. The third kappa shape index (κ3) is 2.51. The largest absolute Gasteiger partial charge is 0.367 e. The second-order valence-corrected chi connectivity index (χ2v) is 4.37. The number of nitrogens with two attached hydrogens (primary N) is 1. The van der Waals surface area contributed by atoms with Gasteiger partial charge in [0.2, 0.25) is 0 Å². The Kier molecular flexibility index (Phi) is 3.74. The number of hydrogen-bond acceptors (Lipinski definition) is 3. The van der Waals surface area contributed by atoms with Crippen molar-refractivity contribution in [1.29, 1.82) is 0 Å². The molecule has 4 heteroatoms. The van der Waals surface area contributed by atoms with E-state index in [4.69, 9.17) is 5.73 Å². The van der Waals surface area contributed by atoms with Crippen molar-refractivity contribution in [2.45, 2.75) is 12.8 Å².